The number of hydrogen-bond acceptors (Lipinski definition) is 3. The van der Waals surface area contributed by atoms with E-state index in [9.17, 15) is 9.59 Å². The van der Waals surface area contributed by atoms with Crippen molar-refractivity contribution in [3.8, 4) is 5.75 Å². The first-order valence-electron chi connectivity index (χ1n) is 7.39. The van der Waals surface area contributed by atoms with E-state index in [1.807, 2.05) is 13.8 Å². The van der Waals surface area contributed by atoms with Gasteiger partial charge in [0.2, 0.25) is 5.91 Å². The molecule has 0 aliphatic rings. The van der Waals surface area contributed by atoms with Gasteiger partial charge in [-0.25, -0.2) is 0 Å². The van der Waals surface area contributed by atoms with Gasteiger partial charge in [-0.1, -0.05) is 12.1 Å². The van der Waals surface area contributed by atoms with Crippen LogP contribution in [0.5, 0.6) is 5.75 Å². The molecule has 0 aliphatic carbocycles. The van der Waals surface area contributed by atoms with Crippen LogP contribution in [0.3, 0.4) is 0 Å². The molecule has 0 saturated carbocycles. The minimum Gasteiger partial charge on any atom is -0.491 e. The molecule has 0 spiro atoms. The molecule has 2 aromatic rings. The molecule has 23 heavy (non-hydrogen) atoms. The number of anilines is 1. The van der Waals surface area contributed by atoms with Gasteiger partial charge in [0.1, 0.15) is 5.75 Å². The van der Waals surface area contributed by atoms with Crippen molar-refractivity contribution in [2.75, 3.05) is 5.32 Å². The molecule has 2 aromatic carbocycles. The topological polar surface area (TPSA) is 81.4 Å². The lowest BCUT2D eigenvalue weighted by Gasteiger charge is -2.10. The van der Waals surface area contributed by atoms with Crippen LogP contribution in [0.1, 0.15) is 29.8 Å². The summed E-state index contributed by atoms with van der Waals surface area (Å²) in [5.41, 5.74) is 7.16. The number of primary amides is 1. The molecule has 2 rings (SSSR count). The number of amides is 2. The Labute approximate surface area is 135 Å². The Hall–Kier alpha value is -2.82. The van der Waals surface area contributed by atoms with E-state index in [0.29, 0.717) is 11.3 Å². The van der Waals surface area contributed by atoms with E-state index in [0.717, 1.165) is 11.3 Å². The Morgan fingerprint density at radius 3 is 2.17 bits per heavy atom. The second kappa shape index (κ2) is 7.45. The fraction of sp³-hybridized carbons (Fsp3) is 0.222. The van der Waals surface area contributed by atoms with Crippen LogP contribution in [0, 0.1) is 0 Å². The first kappa shape index (κ1) is 16.5. The monoisotopic (exact) mass is 312 g/mol. The van der Waals surface area contributed by atoms with Crippen molar-refractivity contribution in [1.29, 1.82) is 0 Å². The van der Waals surface area contributed by atoms with E-state index < -0.39 is 0 Å². The minimum atomic E-state index is -0.384. The Morgan fingerprint density at radius 2 is 1.65 bits per heavy atom. The Kier molecular flexibility index (Phi) is 5.36. The summed E-state index contributed by atoms with van der Waals surface area (Å²) >= 11 is 0. The summed E-state index contributed by atoms with van der Waals surface area (Å²) in [4.78, 5) is 23.0. The van der Waals surface area contributed by atoms with E-state index >= 15 is 0 Å². The summed E-state index contributed by atoms with van der Waals surface area (Å²) < 4.78 is 5.54. The number of hydrogen-bond donors (Lipinski definition) is 2. The SMILES string of the molecule is CC(C)Oc1ccc(C(=O)Nc2ccc(CC(N)=O)cc2)cc1. The number of carbonyl (C=O) groups excluding carboxylic acids is 2. The van der Waals surface area contributed by atoms with Gasteiger partial charge in [-0.15, -0.1) is 0 Å². The molecule has 0 radical (unpaired) electrons. The molecular weight excluding hydrogens is 292 g/mol. The lowest BCUT2D eigenvalue weighted by Crippen LogP contribution is -2.14. The zero-order chi connectivity index (χ0) is 16.8. The third-order valence-electron chi connectivity index (χ3n) is 3.08. The zero-order valence-electron chi connectivity index (χ0n) is 13.2. The van der Waals surface area contributed by atoms with Gasteiger partial charge in [-0.05, 0) is 55.8 Å². The summed E-state index contributed by atoms with van der Waals surface area (Å²) in [6.07, 6.45) is 0.277. The highest BCUT2D eigenvalue weighted by Crippen LogP contribution is 2.16. The first-order valence-corrected chi connectivity index (χ1v) is 7.39. The molecule has 0 aromatic heterocycles. The normalized spacial score (nSPS) is 10.4. The van der Waals surface area contributed by atoms with E-state index in [-0.39, 0.29) is 24.3 Å². The standard InChI is InChI=1S/C18H20N2O3/c1-12(2)23-16-9-5-14(6-10-16)18(22)20-15-7-3-13(4-8-15)11-17(19)21/h3-10,12H,11H2,1-2H3,(H2,19,21)(H,20,22). The van der Waals surface area contributed by atoms with Crippen LogP contribution in [0.15, 0.2) is 48.5 Å². The van der Waals surface area contributed by atoms with Gasteiger partial charge in [-0.3, -0.25) is 9.59 Å². The second-order valence-electron chi connectivity index (χ2n) is 5.49. The second-order valence-corrected chi connectivity index (χ2v) is 5.49. The van der Waals surface area contributed by atoms with E-state index in [1.54, 1.807) is 48.5 Å². The maximum absolute atomic E-state index is 12.2. The third kappa shape index (κ3) is 5.14. The van der Waals surface area contributed by atoms with Crippen LogP contribution >= 0.6 is 0 Å². The molecule has 2 amide bonds. The van der Waals surface area contributed by atoms with Crippen molar-refractivity contribution in [1.82, 2.24) is 0 Å². The molecule has 120 valence electrons. The maximum atomic E-state index is 12.2. The van der Waals surface area contributed by atoms with Gasteiger partial charge >= 0.3 is 0 Å². The van der Waals surface area contributed by atoms with Gasteiger partial charge in [0.25, 0.3) is 5.91 Å². The van der Waals surface area contributed by atoms with Crippen LogP contribution in [0.4, 0.5) is 5.69 Å². The number of ether oxygens (including phenoxy) is 1. The van der Waals surface area contributed by atoms with Crippen molar-refractivity contribution in [2.24, 2.45) is 5.73 Å². The summed E-state index contributed by atoms with van der Waals surface area (Å²) in [7, 11) is 0. The van der Waals surface area contributed by atoms with Crippen molar-refractivity contribution in [3.63, 3.8) is 0 Å². The molecule has 0 unspecified atom stereocenters. The fourth-order valence-corrected chi connectivity index (χ4v) is 2.07. The van der Waals surface area contributed by atoms with Crippen LogP contribution in [-0.4, -0.2) is 17.9 Å². The van der Waals surface area contributed by atoms with Crippen molar-refractivity contribution < 1.29 is 14.3 Å². The highest BCUT2D eigenvalue weighted by Gasteiger charge is 2.07. The number of benzene rings is 2. The number of carbonyl (C=O) groups is 2. The Morgan fingerprint density at radius 1 is 1.04 bits per heavy atom. The lowest BCUT2D eigenvalue weighted by molar-refractivity contribution is -0.117. The van der Waals surface area contributed by atoms with Gasteiger partial charge in [0.15, 0.2) is 0 Å². The summed E-state index contributed by atoms with van der Waals surface area (Å²) in [5.74, 6) is 0.140. The Balaban J connectivity index is 1.99. The lowest BCUT2D eigenvalue weighted by atomic mass is 10.1. The molecule has 0 aliphatic heterocycles. The summed E-state index contributed by atoms with van der Waals surface area (Å²) in [6, 6.07) is 14.0. The maximum Gasteiger partial charge on any atom is 0.255 e. The largest absolute Gasteiger partial charge is 0.491 e. The summed E-state index contributed by atoms with van der Waals surface area (Å²) in [6.45, 7) is 3.89. The van der Waals surface area contributed by atoms with E-state index in [4.69, 9.17) is 10.5 Å². The van der Waals surface area contributed by atoms with Crippen molar-refractivity contribution in [3.05, 3.63) is 59.7 Å². The van der Waals surface area contributed by atoms with Crippen molar-refractivity contribution >= 4 is 17.5 Å². The van der Waals surface area contributed by atoms with Crippen molar-refractivity contribution in [2.45, 2.75) is 26.4 Å². The molecule has 0 saturated heterocycles. The highest BCUT2D eigenvalue weighted by atomic mass is 16.5. The summed E-state index contributed by atoms with van der Waals surface area (Å²) in [5, 5.41) is 2.80. The number of nitrogens with two attached hydrogens (primary N) is 1. The first-order chi connectivity index (χ1) is 10.9. The number of nitrogens with one attached hydrogen (secondary N) is 1. The molecule has 3 N–H and O–H groups in total. The molecule has 0 bridgehead atoms. The van der Waals surface area contributed by atoms with Gasteiger partial charge < -0.3 is 15.8 Å². The molecule has 5 heteroatoms. The van der Waals surface area contributed by atoms with Gasteiger partial charge in [0, 0.05) is 11.3 Å². The van der Waals surface area contributed by atoms with Crippen LogP contribution in [0.25, 0.3) is 0 Å². The molecular formula is C18H20N2O3. The average Bonchev–Trinajstić information content (AvgIpc) is 2.49. The van der Waals surface area contributed by atoms with E-state index in [2.05, 4.69) is 5.32 Å². The van der Waals surface area contributed by atoms with Crippen LogP contribution < -0.4 is 15.8 Å². The van der Waals surface area contributed by atoms with Gasteiger partial charge in [0.05, 0.1) is 12.5 Å². The third-order valence-corrected chi connectivity index (χ3v) is 3.08. The predicted octanol–water partition coefficient (Wildman–Crippen LogP) is 2.75. The number of rotatable bonds is 6. The quantitative estimate of drug-likeness (QED) is 0.860. The molecule has 0 fully saturated rings. The van der Waals surface area contributed by atoms with Crippen LogP contribution in [0.2, 0.25) is 0 Å². The highest BCUT2D eigenvalue weighted by molar-refractivity contribution is 6.04. The van der Waals surface area contributed by atoms with Gasteiger partial charge in [-0.2, -0.15) is 0 Å². The molecule has 5 nitrogen and oxygen atoms in total. The Bertz CT molecular complexity index is 676. The minimum absolute atomic E-state index is 0.0913. The average molecular weight is 312 g/mol. The fourth-order valence-electron chi connectivity index (χ4n) is 2.07. The van der Waals surface area contributed by atoms with Crippen LogP contribution in [-0.2, 0) is 11.2 Å². The predicted molar refractivity (Wildman–Crippen MR) is 89.5 cm³/mol. The molecule has 0 atom stereocenters. The zero-order valence-corrected chi connectivity index (χ0v) is 13.2. The molecule has 0 heterocycles. The smallest absolute Gasteiger partial charge is 0.255 e. The van der Waals surface area contributed by atoms with E-state index in [1.165, 1.54) is 0 Å².